The standard InChI is InChI=1S/C5Cl2FIN.Li/c6-2-1-3(7)5(9)10-4(2)8;/q-1;+1. The Bertz CT molecular complexity index is 221. The van der Waals surface area contributed by atoms with Crippen LogP contribution in [0.4, 0.5) is 4.39 Å². The van der Waals surface area contributed by atoms with Crippen molar-refractivity contribution in [2.45, 2.75) is 0 Å². The molecule has 0 aliphatic rings. The summed E-state index contributed by atoms with van der Waals surface area (Å²) >= 11 is 12.6. The van der Waals surface area contributed by atoms with Crippen LogP contribution in [-0.4, -0.2) is 4.98 Å². The summed E-state index contributed by atoms with van der Waals surface area (Å²) in [5.41, 5.74) is 0. The zero-order chi connectivity index (χ0) is 7.72. The molecule has 0 spiro atoms. The van der Waals surface area contributed by atoms with Crippen LogP contribution in [0.5, 0.6) is 0 Å². The van der Waals surface area contributed by atoms with Crippen LogP contribution in [0.2, 0.25) is 10.0 Å². The molecule has 1 aromatic heterocycles. The van der Waals surface area contributed by atoms with Gasteiger partial charge in [0.15, 0.2) is 0 Å². The summed E-state index contributed by atoms with van der Waals surface area (Å²) in [6, 6.07) is 2.39. The van der Waals surface area contributed by atoms with E-state index in [9.17, 15) is 4.39 Å². The Labute approximate surface area is 99.0 Å². The van der Waals surface area contributed by atoms with Crippen LogP contribution in [0.25, 0.3) is 0 Å². The molecule has 0 unspecified atom stereocenters. The van der Waals surface area contributed by atoms with Crippen molar-refractivity contribution in [3.05, 3.63) is 25.8 Å². The molecule has 1 heterocycles. The number of hydrogen-bond donors (Lipinski definition) is 0. The Kier molecular flexibility index (Phi) is 5.32. The molecule has 0 aromatic carbocycles. The van der Waals surface area contributed by atoms with Gasteiger partial charge in [-0.15, -0.1) is 51.9 Å². The van der Waals surface area contributed by atoms with Gasteiger partial charge in [0.05, 0.1) is 0 Å². The van der Waals surface area contributed by atoms with Crippen LogP contribution in [0.1, 0.15) is 0 Å². The quantitative estimate of drug-likeness (QED) is 0.283. The molecule has 0 aliphatic carbocycles. The number of rotatable bonds is 0. The summed E-state index contributed by atoms with van der Waals surface area (Å²) in [6.45, 7) is 0. The van der Waals surface area contributed by atoms with Gasteiger partial charge in [0, 0.05) is 3.70 Å². The smallest absolute Gasteiger partial charge is 0.341 e. The zero-order valence-corrected chi connectivity index (χ0v) is 9.13. The van der Waals surface area contributed by atoms with Gasteiger partial charge < -0.3 is 4.98 Å². The first kappa shape index (κ1) is 12.0. The van der Waals surface area contributed by atoms with Crippen molar-refractivity contribution < 1.29 is 23.3 Å². The van der Waals surface area contributed by atoms with Crippen molar-refractivity contribution in [1.29, 1.82) is 0 Å². The van der Waals surface area contributed by atoms with Gasteiger partial charge in [-0.1, -0.05) is 0 Å². The van der Waals surface area contributed by atoms with E-state index < -0.39 is 5.95 Å². The molecule has 0 aliphatic heterocycles. The van der Waals surface area contributed by atoms with Gasteiger partial charge in [-0.25, -0.2) is 0 Å². The summed E-state index contributed by atoms with van der Waals surface area (Å²) in [5, 5.41) is 0.0671. The molecule has 6 heteroatoms. The summed E-state index contributed by atoms with van der Waals surface area (Å²) < 4.78 is 12.8. The monoisotopic (exact) mass is 297 g/mol. The van der Waals surface area contributed by atoms with Crippen LogP contribution in [0.15, 0.2) is 0 Å². The van der Waals surface area contributed by atoms with Gasteiger partial charge in [-0.05, 0) is 10.0 Å². The molecule has 1 rings (SSSR count). The Hall–Kier alpha value is 0.987. The maximum Gasteiger partial charge on any atom is 1.00 e. The summed E-state index contributed by atoms with van der Waals surface area (Å²) in [5.74, 6) is -0.740. The molecular weight excluding hydrogens is 298 g/mol. The molecule has 1 aromatic rings. The van der Waals surface area contributed by atoms with Crippen molar-refractivity contribution in [2.75, 3.05) is 0 Å². The van der Waals surface area contributed by atoms with E-state index in [2.05, 4.69) is 11.1 Å². The summed E-state index contributed by atoms with van der Waals surface area (Å²) in [4.78, 5) is 3.40. The first-order valence-electron chi connectivity index (χ1n) is 2.20. The maximum atomic E-state index is 12.4. The van der Waals surface area contributed by atoms with E-state index >= 15 is 0 Å². The van der Waals surface area contributed by atoms with E-state index in [0.29, 0.717) is 3.70 Å². The molecule has 0 amide bonds. The van der Waals surface area contributed by atoms with E-state index in [1.807, 2.05) is 0 Å². The summed E-state index contributed by atoms with van der Waals surface area (Å²) in [7, 11) is 0. The second-order valence-electron chi connectivity index (χ2n) is 1.45. The van der Waals surface area contributed by atoms with Crippen LogP contribution in [-0.2, 0) is 0 Å². The molecular formula is C5Cl2FILiN. The van der Waals surface area contributed by atoms with E-state index in [1.165, 1.54) is 0 Å². The predicted octanol–water partition coefficient (Wildman–Crippen LogP) is -0.0637. The molecule has 0 saturated carbocycles. The molecule has 0 bridgehead atoms. The largest absolute Gasteiger partial charge is 1.00 e. The average Bonchev–Trinajstić information content (AvgIpc) is 1.84. The SMILES string of the molecule is Fc1nc(I)c(Cl)[c-]c1Cl.[Li+]. The van der Waals surface area contributed by atoms with Crippen molar-refractivity contribution in [3.63, 3.8) is 0 Å². The molecule has 0 saturated heterocycles. The van der Waals surface area contributed by atoms with Crippen molar-refractivity contribution in [1.82, 2.24) is 4.98 Å². The fraction of sp³-hybridized carbons (Fsp3) is 0. The van der Waals surface area contributed by atoms with E-state index in [4.69, 9.17) is 23.2 Å². The minimum Gasteiger partial charge on any atom is -0.341 e. The molecule has 1 nitrogen and oxygen atoms in total. The zero-order valence-electron chi connectivity index (χ0n) is 5.46. The number of nitrogens with zero attached hydrogens (tertiary/aromatic N) is 1. The number of hydrogen-bond acceptors (Lipinski definition) is 1. The minimum absolute atomic E-state index is 0. The van der Waals surface area contributed by atoms with Gasteiger partial charge in [0.25, 0.3) is 0 Å². The number of aromatic nitrogens is 1. The normalized spacial score (nSPS) is 9.09. The Morgan fingerprint density at radius 3 is 2.36 bits per heavy atom. The average molecular weight is 298 g/mol. The van der Waals surface area contributed by atoms with E-state index in [0.717, 1.165) is 0 Å². The third kappa shape index (κ3) is 3.08. The van der Waals surface area contributed by atoms with Crippen molar-refractivity contribution >= 4 is 45.8 Å². The van der Waals surface area contributed by atoms with Gasteiger partial charge in [-0.2, -0.15) is 0 Å². The molecule has 0 atom stereocenters. The minimum atomic E-state index is -0.740. The molecule has 0 N–H and O–H groups in total. The molecule has 54 valence electrons. The van der Waals surface area contributed by atoms with Crippen molar-refractivity contribution in [2.24, 2.45) is 0 Å². The second-order valence-corrected chi connectivity index (χ2v) is 3.22. The molecule has 0 fully saturated rings. The fourth-order valence-corrected chi connectivity index (χ4v) is 1.05. The van der Waals surface area contributed by atoms with Crippen LogP contribution < -0.4 is 18.9 Å². The van der Waals surface area contributed by atoms with Gasteiger partial charge in [0.2, 0.25) is 0 Å². The van der Waals surface area contributed by atoms with E-state index in [1.54, 1.807) is 22.6 Å². The van der Waals surface area contributed by atoms with Gasteiger partial charge in [0.1, 0.15) is 5.95 Å². The number of halogens is 4. The fourth-order valence-electron chi connectivity index (χ4n) is 0.384. The van der Waals surface area contributed by atoms with Gasteiger partial charge in [-0.3, -0.25) is 4.39 Å². The first-order chi connectivity index (χ1) is 4.61. The third-order valence-electron chi connectivity index (χ3n) is 0.778. The van der Waals surface area contributed by atoms with E-state index in [-0.39, 0.29) is 28.9 Å². The van der Waals surface area contributed by atoms with Crippen LogP contribution in [0.3, 0.4) is 0 Å². The predicted molar refractivity (Wildman–Crippen MR) is 45.8 cm³/mol. The second kappa shape index (κ2) is 4.88. The Morgan fingerprint density at radius 1 is 1.36 bits per heavy atom. The molecule has 0 radical (unpaired) electrons. The first-order valence-corrected chi connectivity index (χ1v) is 4.04. The van der Waals surface area contributed by atoms with Gasteiger partial charge >= 0.3 is 18.9 Å². The number of pyridine rings is 1. The van der Waals surface area contributed by atoms with Crippen molar-refractivity contribution in [3.8, 4) is 0 Å². The molecule has 11 heavy (non-hydrogen) atoms. The Morgan fingerprint density at radius 2 is 1.91 bits per heavy atom. The van der Waals surface area contributed by atoms with Crippen LogP contribution in [0, 0.1) is 15.7 Å². The summed E-state index contributed by atoms with van der Waals surface area (Å²) in [6.07, 6.45) is 0. The Balaban J connectivity index is 0.000001000. The topological polar surface area (TPSA) is 12.9 Å². The van der Waals surface area contributed by atoms with Crippen LogP contribution >= 0.6 is 45.8 Å². The maximum absolute atomic E-state index is 12.4. The third-order valence-corrected chi connectivity index (χ3v) is 2.40.